The SMILES string of the molecule is C[C@]12CC[C@H]3[C@@H](CCC4CC(O)(C#CCO)CC[C@@]43C)[C@@H]1CC[C@@H]2C(=O)Cn1ccnn1. The van der Waals surface area contributed by atoms with Gasteiger partial charge < -0.3 is 10.2 Å². The highest BCUT2D eigenvalue weighted by Crippen LogP contribution is 2.68. The Hall–Kier alpha value is -1.71. The van der Waals surface area contributed by atoms with Crippen molar-refractivity contribution in [2.24, 2.45) is 40.4 Å². The smallest absolute Gasteiger partial charge is 0.157 e. The van der Waals surface area contributed by atoms with Crippen LogP contribution in [0.5, 0.6) is 0 Å². The van der Waals surface area contributed by atoms with Crippen molar-refractivity contribution in [1.82, 2.24) is 15.0 Å². The van der Waals surface area contributed by atoms with Crippen molar-refractivity contribution >= 4 is 5.78 Å². The van der Waals surface area contributed by atoms with Crippen LogP contribution in [0.3, 0.4) is 0 Å². The summed E-state index contributed by atoms with van der Waals surface area (Å²) in [6, 6.07) is 0. The van der Waals surface area contributed by atoms with Gasteiger partial charge in [-0.15, -0.1) is 5.10 Å². The molecular formula is C26H37N3O3. The highest BCUT2D eigenvalue weighted by Gasteiger charge is 2.62. The van der Waals surface area contributed by atoms with E-state index in [1.807, 2.05) is 0 Å². The molecule has 5 rings (SSSR count). The molecule has 2 unspecified atom stereocenters. The van der Waals surface area contributed by atoms with Gasteiger partial charge in [-0.3, -0.25) is 4.79 Å². The van der Waals surface area contributed by atoms with Crippen LogP contribution in [-0.4, -0.2) is 43.2 Å². The van der Waals surface area contributed by atoms with E-state index < -0.39 is 5.60 Å². The molecule has 174 valence electrons. The van der Waals surface area contributed by atoms with Gasteiger partial charge in [0.15, 0.2) is 5.78 Å². The van der Waals surface area contributed by atoms with Crippen LogP contribution in [0.1, 0.15) is 71.6 Å². The summed E-state index contributed by atoms with van der Waals surface area (Å²) in [5.41, 5.74) is -0.584. The molecule has 6 nitrogen and oxygen atoms in total. The predicted octanol–water partition coefficient (Wildman–Crippen LogP) is 3.23. The Labute approximate surface area is 191 Å². The summed E-state index contributed by atoms with van der Waals surface area (Å²) in [6.07, 6.45) is 12.7. The van der Waals surface area contributed by atoms with E-state index in [1.54, 1.807) is 17.1 Å². The fraction of sp³-hybridized carbons (Fsp3) is 0.808. The van der Waals surface area contributed by atoms with E-state index in [0.29, 0.717) is 42.4 Å². The summed E-state index contributed by atoms with van der Waals surface area (Å²) in [4.78, 5) is 13.2. The van der Waals surface area contributed by atoms with E-state index in [0.717, 1.165) is 38.5 Å². The number of nitrogens with zero attached hydrogens (tertiary/aromatic N) is 3. The molecule has 0 saturated heterocycles. The number of aliphatic hydroxyl groups is 2. The monoisotopic (exact) mass is 439 g/mol. The minimum Gasteiger partial charge on any atom is -0.384 e. The largest absolute Gasteiger partial charge is 0.384 e. The number of Topliss-reactive ketones (excluding diaryl/α,β-unsaturated/α-hetero) is 1. The van der Waals surface area contributed by atoms with E-state index in [1.165, 1.54) is 12.8 Å². The Balaban J connectivity index is 1.33. The second-order valence-corrected chi connectivity index (χ2v) is 11.6. The van der Waals surface area contributed by atoms with E-state index in [-0.39, 0.29) is 23.4 Å². The van der Waals surface area contributed by atoms with Gasteiger partial charge in [0.2, 0.25) is 0 Å². The highest BCUT2D eigenvalue weighted by atomic mass is 16.3. The third-order valence-electron chi connectivity index (χ3n) is 10.3. The van der Waals surface area contributed by atoms with Crippen LogP contribution >= 0.6 is 0 Å². The Morgan fingerprint density at radius 3 is 2.66 bits per heavy atom. The van der Waals surface area contributed by atoms with Crippen LogP contribution in [0.4, 0.5) is 0 Å². The van der Waals surface area contributed by atoms with E-state index in [9.17, 15) is 9.90 Å². The zero-order chi connectivity index (χ0) is 22.6. The van der Waals surface area contributed by atoms with Crippen LogP contribution in [-0.2, 0) is 11.3 Å². The first-order valence-corrected chi connectivity index (χ1v) is 12.5. The summed E-state index contributed by atoms with van der Waals surface area (Å²) in [7, 11) is 0. The molecule has 4 aliphatic rings. The quantitative estimate of drug-likeness (QED) is 0.706. The number of hydrogen-bond acceptors (Lipinski definition) is 5. The van der Waals surface area contributed by atoms with Gasteiger partial charge in [0.1, 0.15) is 18.8 Å². The summed E-state index contributed by atoms with van der Waals surface area (Å²) in [5.74, 6) is 8.60. The molecule has 0 bridgehead atoms. The van der Waals surface area contributed by atoms with Gasteiger partial charge in [0.25, 0.3) is 0 Å². The van der Waals surface area contributed by atoms with Gasteiger partial charge in [-0.25, -0.2) is 4.68 Å². The molecule has 8 atom stereocenters. The first-order chi connectivity index (χ1) is 15.3. The number of carbonyl (C=O) groups is 1. The summed E-state index contributed by atoms with van der Waals surface area (Å²) in [6.45, 7) is 5.02. The summed E-state index contributed by atoms with van der Waals surface area (Å²) in [5, 5.41) is 27.9. The normalized spacial score (nSPS) is 45.2. The topological polar surface area (TPSA) is 88.2 Å². The van der Waals surface area contributed by atoms with Gasteiger partial charge >= 0.3 is 0 Å². The number of rotatable bonds is 3. The van der Waals surface area contributed by atoms with Crippen molar-refractivity contribution in [3.63, 3.8) is 0 Å². The van der Waals surface area contributed by atoms with Crippen molar-refractivity contribution in [3.05, 3.63) is 12.4 Å². The predicted molar refractivity (Wildman–Crippen MR) is 120 cm³/mol. The van der Waals surface area contributed by atoms with Crippen molar-refractivity contribution in [2.45, 2.75) is 83.8 Å². The van der Waals surface area contributed by atoms with Crippen molar-refractivity contribution in [3.8, 4) is 11.8 Å². The van der Waals surface area contributed by atoms with Gasteiger partial charge in [-0.05, 0) is 92.3 Å². The molecular weight excluding hydrogens is 402 g/mol. The van der Waals surface area contributed by atoms with Crippen molar-refractivity contribution in [1.29, 1.82) is 0 Å². The standard InChI is InChI=1S/C26H37N3O3/c1-24-11-12-26(32,9-3-15-30)16-18(24)4-5-19-20-6-7-22(25(20,2)10-8-21(19)24)23(31)17-29-14-13-27-28-29/h13-14,18-22,30,32H,4-8,10-12,15-17H2,1-2H3/t18?,19-,20-,21-,22+,24-,25-,26?/m0/s1. The lowest BCUT2D eigenvalue weighted by Gasteiger charge is -2.61. The van der Waals surface area contributed by atoms with E-state index >= 15 is 0 Å². The Morgan fingerprint density at radius 1 is 1.09 bits per heavy atom. The molecule has 0 spiro atoms. The lowest BCUT2D eigenvalue weighted by atomic mass is 9.44. The molecule has 4 saturated carbocycles. The molecule has 2 N–H and O–H groups in total. The lowest BCUT2D eigenvalue weighted by Crippen LogP contribution is -2.56. The molecule has 0 aromatic carbocycles. The summed E-state index contributed by atoms with van der Waals surface area (Å²) < 4.78 is 1.67. The molecule has 1 aromatic heterocycles. The van der Waals surface area contributed by atoms with Crippen LogP contribution in [0.25, 0.3) is 0 Å². The Kier molecular flexibility index (Phi) is 5.49. The summed E-state index contributed by atoms with van der Waals surface area (Å²) >= 11 is 0. The van der Waals surface area contributed by atoms with Gasteiger partial charge in [-0.2, -0.15) is 0 Å². The zero-order valence-electron chi connectivity index (χ0n) is 19.5. The van der Waals surface area contributed by atoms with Gasteiger partial charge in [0.05, 0.1) is 6.20 Å². The number of hydrogen-bond donors (Lipinski definition) is 2. The fourth-order valence-electron chi connectivity index (χ4n) is 8.68. The Morgan fingerprint density at radius 2 is 1.91 bits per heavy atom. The Bertz CT molecular complexity index is 920. The second-order valence-electron chi connectivity index (χ2n) is 11.6. The molecule has 1 aromatic rings. The minimum absolute atomic E-state index is 0.101. The maximum Gasteiger partial charge on any atom is 0.157 e. The third kappa shape index (κ3) is 3.44. The molecule has 4 fully saturated rings. The molecule has 0 aliphatic heterocycles. The first kappa shape index (κ1) is 22.1. The molecule has 6 heteroatoms. The number of aliphatic hydroxyl groups excluding tert-OH is 1. The molecule has 1 heterocycles. The van der Waals surface area contributed by atoms with Crippen molar-refractivity contribution < 1.29 is 15.0 Å². The zero-order valence-corrected chi connectivity index (χ0v) is 19.5. The van der Waals surface area contributed by atoms with Gasteiger partial charge in [-0.1, -0.05) is 30.9 Å². The van der Waals surface area contributed by atoms with Crippen LogP contribution < -0.4 is 0 Å². The number of carbonyl (C=O) groups excluding carboxylic acids is 1. The minimum atomic E-state index is -0.935. The molecule has 32 heavy (non-hydrogen) atoms. The van der Waals surface area contributed by atoms with Crippen molar-refractivity contribution in [2.75, 3.05) is 6.61 Å². The average molecular weight is 440 g/mol. The molecule has 0 radical (unpaired) electrons. The second kappa shape index (κ2) is 7.95. The average Bonchev–Trinajstić information content (AvgIpc) is 3.40. The maximum absolute atomic E-state index is 13.2. The first-order valence-electron chi connectivity index (χ1n) is 12.5. The third-order valence-corrected chi connectivity index (χ3v) is 10.3. The van der Waals surface area contributed by atoms with Gasteiger partial charge in [0, 0.05) is 12.1 Å². The number of ketones is 1. The highest BCUT2D eigenvalue weighted by molar-refractivity contribution is 5.82. The van der Waals surface area contributed by atoms with Crippen LogP contribution in [0.15, 0.2) is 12.4 Å². The molecule has 0 amide bonds. The molecule has 4 aliphatic carbocycles. The van der Waals surface area contributed by atoms with Crippen LogP contribution in [0, 0.1) is 52.3 Å². The van der Waals surface area contributed by atoms with Crippen LogP contribution in [0.2, 0.25) is 0 Å². The lowest BCUT2D eigenvalue weighted by molar-refractivity contribution is -0.145. The van der Waals surface area contributed by atoms with E-state index in [4.69, 9.17) is 5.11 Å². The number of fused-ring (bicyclic) bond motifs is 5. The van der Waals surface area contributed by atoms with E-state index in [2.05, 4.69) is 36.0 Å². The number of aromatic nitrogens is 3. The fourth-order valence-corrected chi connectivity index (χ4v) is 8.68. The maximum atomic E-state index is 13.2.